The molecule has 0 spiro atoms. The first-order valence-corrected chi connectivity index (χ1v) is 9.71. The van der Waals surface area contributed by atoms with E-state index in [1.165, 1.54) is 4.88 Å². The molecule has 1 aliphatic rings. The number of aromatic nitrogens is 2. The van der Waals surface area contributed by atoms with Crippen molar-refractivity contribution in [2.45, 2.75) is 45.2 Å². The first kappa shape index (κ1) is 18.0. The average Bonchev–Trinajstić information content (AvgIpc) is 3.25. The van der Waals surface area contributed by atoms with Gasteiger partial charge in [-0.15, -0.1) is 11.3 Å². The Morgan fingerprint density at radius 3 is 3.00 bits per heavy atom. The van der Waals surface area contributed by atoms with Crippen LogP contribution in [0.15, 0.2) is 23.7 Å². The molecule has 3 rings (SSSR count). The van der Waals surface area contributed by atoms with Gasteiger partial charge in [0.2, 0.25) is 5.91 Å². The van der Waals surface area contributed by atoms with Gasteiger partial charge in [0.15, 0.2) is 0 Å². The van der Waals surface area contributed by atoms with Crippen molar-refractivity contribution in [2.24, 2.45) is 0 Å². The Balaban J connectivity index is 1.76. The minimum Gasteiger partial charge on any atom is -0.334 e. The molecule has 1 fully saturated rings. The van der Waals surface area contributed by atoms with E-state index < -0.39 is 0 Å². The van der Waals surface area contributed by atoms with E-state index in [1.54, 1.807) is 11.3 Å². The number of aryl methyl sites for hydroxylation is 2. The lowest BCUT2D eigenvalue weighted by Gasteiger charge is -2.26. The summed E-state index contributed by atoms with van der Waals surface area (Å²) in [5.41, 5.74) is 2.15. The summed E-state index contributed by atoms with van der Waals surface area (Å²) in [5, 5.41) is 2.07. The number of rotatable bonds is 6. The van der Waals surface area contributed by atoms with E-state index in [2.05, 4.69) is 21.3 Å². The Morgan fingerprint density at radius 1 is 1.44 bits per heavy atom. The zero-order valence-electron chi connectivity index (χ0n) is 15.2. The molecule has 6 heteroatoms. The summed E-state index contributed by atoms with van der Waals surface area (Å²) >= 11 is 1.72. The molecule has 1 aliphatic heterocycles. The minimum absolute atomic E-state index is 0.0903. The molecule has 1 amide bonds. The van der Waals surface area contributed by atoms with Crippen LogP contribution in [-0.2, 0) is 17.8 Å². The van der Waals surface area contributed by atoms with Gasteiger partial charge in [0.25, 0.3) is 0 Å². The molecular weight excluding hydrogens is 332 g/mol. The molecule has 0 bridgehead atoms. The molecule has 2 aromatic heterocycles. The van der Waals surface area contributed by atoms with E-state index in [1.807, 2.05) is 38.2 Å². The van der Waals surface area contributed by atoms with E-state index in [4.69, 9.17) is 4.98 Å². The molecule has 0 saturated carbocycles. The molecule has 134 valence electrons. The predicted octanol–water partition coefficient (Wildman–Crippen LogP) is 3.20. The number of nitrogens with zero attached hydrogens (tertiary/aromatic N) is 4. The summed E-state index contributed by atoms with van der Waals surface area (Å²) in [6.07, 6.45) is 5.35. The fraction of sp³-hybridized carbons (Fsp3) is 0.526. The van der Waals surface area contributed by atoms with Crippen LogP contribution >= 0.6 is 11.3 Å². The first-order valence-electron chi connectivity index (χ1n) is 8.83. The number of hydrogen-bond acceptors (Lipinski definition) is 5. The highest BCUT2D eigenvalue weighted by molar-refractivity contribution is 7.09. The number of carbonyl (C=O) groups excluding carboxylic acids is 1. The van der Waals surface area contributed by atoms with Gasteiger partial charge in [-0.05, 0) is 51.7 Å². The smallest absolute Gasteiger partial charge is 0.223 e. The zero-order valence-corrected chi connectivity index (χ0v) is 16.1. The third-order valence-electron chi connectivity index (χ3n) is 4.56. The van der Waals surface area contributed by atoms with Gasteiger partial charge in [-0.1, -0.05) is 6.07 Å². The van der Waals surface area contributed by atoms with Crippen LogP contribution in [0.2, 0.25) is 0 Å². The average molecular weight is 359 g/mol. The second kappa shape index (κ2) is 8.06. The molecule has 5 nitrogen and oxygen atoms in total. The van der Waals surface area contributed by atoms with Crippen molar-refractivity contribution in [1.29, 1.82) is 0 Å². The molecule has 25 heavy (non-hydrogen) atoms. The maximum atomic E-state index is 12.8. The quantitative estimate of drug-likeness (QED) is 0.796. The number of hydrogen-bond donors (Lipinski definition) is 0. The molecule has 2 aromatic rings. The van der Waals surface area contributed by atoms with Crippen molar-refractivity contribution < 1.29 is 4.79 Å². The van der Waals surface area contributed by atoms with Crippen LogP contribution in [0.1, 0.15) is 47.3 Å². The van der Waals surface area contributed by atoms with Gasteiger partial charge in [0.1, 0.15) is 5.82 Å². The van der Waals surface area contributed by atoms with Gasteiger partial charge in [-0.2, -0.15) is 0 Å². The van der Waals surface area contributed by atoms with Crippen LogP contribution in [0.3, 0.4) is 0 Å². The standard InChI is InChI=1S/C19H26N4OS/c1-14-20-12-15(13-22(2)3)19(21-14)17-7-4-10-23(17)18(24)9-8-16-6-5-11-25-16/h5-6,11-12,17H,4,7-10,13H2,1-3H3. The Morgan fingerprint density at radius 2 is 2.28 bits per heavy atom. The van der Waals surface area contributed by atoms with Crippen LogP contribution in [-0.4, -0.2) is 46.3 Å². The molecular formula is C19H26N4OS. The molecule has 0 N–H and O–H groups in total. The third-order valence-corrected chi connectivity index (χ3v) is 5.50. The van der Waals surface area contributed by atoms with Crippen molar-refractivity contribution >= 4 is 17.2 Å². The first-order chi connectivity index (χ1) is 12.0. The van der Waals surface area contributed by atoms with Gasteiger partial charge in [-0.3, -0.25) is 4.79 Å². The minimum atomic E-state index is 0.0903. The van der Waals surface area contributed by atoms with E-state index in [0.29, 0.717) is 6.42 Å². The largest absolute Gasteiger partial charge is 0.334 e. The molecule has 0 radical (unpaired) electrons. The van der Waals surface area contributed by atoms with Crippen LogP contribution in [0, 0.1) is 6.92 Å². The highest BCUT2D eigenvalue weighted by Crippen LogP contribution is 2.33. The highest BCUT2D eigenvalue weighted by atomic mass is 32.1. The van der Waals surface area contributed by atoms with E-state index >= 15 is 0 Å². The van der Waals surface area contributed by atoms with Gasteiger partial charge < -0.3 is 9.80 Å². The Labute approximate surface area is 153 Å². The van der Waals surface area contributed by atoms with Crippen LogP contribution in [0.25, 0.3) is 0 Å². The molecule has 1 atom stereocenters. The SMILES string of the molecule is Cc1ncc(CN(C)C)c(C2CCCN2C(=O)CCc2cccs2)n1. The second-order valence-corrected chi connectivity index (χ2v) is 7.92. The lowest BCUT2D eigenvalue weighted by Crippen LogP contribution is -2.32. The third kappa shape index (κ3) is 4.44. The fourth-order valence-corrected chi connectivity index (χ4v) is 4.15. The van der Waals surface area contributed by atoms with Gasteiger partial charge in [0, 0.05) is 36.1 Å². The molecule has 1 unspecified atom stereocenters. The van der Waals surface area contributed by atoms with Crippen molar-refractivity contribution in [3.8, 4) is 0 Å². The second-order valence-electron chi connectivity index (χ2n) is 6.89. The molecule has 1 saturated heterocycles. The van der Waals surface area contributed by atoms with Gasteiger partial charge in [-0.25, -0.2) is 9.97 Å². The lowest BCUT2D eigenvalue weighted by atomic mass is 10.0. The van der Waals surface area contributed by atoms with Gasteiger partial charge >= 0.3 is 0 Å². The number of amides is 1. The topological polar surface area (TPSA) is 49.3 Å². The number of carbonyl (C=O) groups is 1. The monoisotopic (exact) mass is 358 g/mol. The highest BCUT2D eigenvalue weighted by Gasteiger charge is 2.32. The Hall–Kier alpha value is -1.79. The summed E-state index contributed by atoms with van der Waals surface area (Å²) in [6, 6.07) is 4.23. The summed E-state index contributed by atoms with van der Waals surface area (Å²) < 4.78 is 0. The normalized spacial score (nSPS) is 17.4. The molecule has 0 aromatic carbocycles. The Bertz CT molecular complexity index is 714. The van der Waals surface area contributed by atoms with Crippen molar-refractivity contribution in [1.82, 2.24) is 19.8 Å². The maximum Gasteiger partial charge on any atom is 0.223 e. The van der Waals surface area contributed by atoms with Crippen molar-refractivity contribution in [3.63, 3.8) is 0 Å². The van der Waals surface area contributed by atoms with Crippen molar-refractivity contribution in [3.05, 3.63) is 45.7 Å². The molecule has 0 aliphatic carbocycles. The van der Waals surface area contributed by atoms with Crippen LogP contribution in [0.4, 0.5) is 0 Å². The van der Waals surface area contributed by atoms with E-state index in [0.717, 1.165) is 49.4 Å². The van der Waals surface area contributed by atoms with E-state index in [-0.39, 0.29) is 11.9 Å². The van der Waals surface area contributed by atoms with Crippen molar-refractivity contribution in [2.75, 3.05) is 20.6 Å². The summed E-state index contributed by atoms with van der Waals surface area (Å²) in [7, 11) is 4.09. The summed E-state index contributed by atoms with van der Waals surface area (Å²) in [4.78, 5) is 27.3. The molecule has 3 heterocycles. The number of thiophene rings is 1. The maximum absolute atomic E-state index is 12.8. The van der Waals surface area contributed by atoms with Crippen LogP contribution in [0.5, 0.6) is 0 Å². The lowest BCUT2D eigenvalue weighted by molar-refractivity contribution is -0.132. The fourth-order valence-electron chi connectivity index (χ4n) is 3.44. The summed E-state index contributed by atoms with van der Waals surface area (Å²) in [5.74, 6) is 1.01. The zero-order chi connectivity index (χ0) is 17.8. The Kier molecular flexibility index (Phi) is 5.81. The predicted molar refractivity (Wildman–Crippen MR) is 100 cm³/mol. The van der Waals surface area contributed by atoms with Gasteiger partial charge in [0.05, 0.1) is 11.7 Å². The van der Waals surface area contributed by atoms with E-state index in [9.17, 15) is 4.79 Å². The summed E-state index contributed by atoms with van der Waals surface area (Å²) in [6.45, 7) is 3.54. The van der Waals surface area contributed by atoms with Crippen LogP contribution < -0.4 is 0 Å². The number of likely N-dealkylation sites (tertiary alicyclic amines) is 1.